The molecule has 1 aliphatic rings. The summed E-state index contributed by atoms with van der Waals surface area (Å²) in [5.41, 5.74) is 1.24. The van der Waals surface area contributed by atoms with Gasteiger partial charge in [0.05, 0.1) is 0 Å². The van der Waals surface area contributed by atoms with Gasteiger partial charge >= 0.3 is 0 Å². The highest BCUT2D eigenvalue weighted by molar-refractivity contribution is 6.30. The highest BCUT2D eigenvalue weighted by atomic mass is 35.5. The number of guanidine groups is 1. The molecule has 2 aromatic rings. The highest BCUT2D eigenvalue weighted by Crippen LogP contribution is 2.15. The number of hydrogen-bond donors (Lipinski definition) is 1. The smallest absolute Gasteiger partial charge is 0.248 e. The van der Waals surface area contributed by atoms with E-state index in [1.165, 1.54) is 5.56 Å². The SMILES string of the molecule is CCNC(=NCc1nc(C(C)OCC)no1)N1CCN(Cc2cccc(Cl)c2)CC1. The number of rotatable bonds is 8. The standard InChI is InChI=1S/C21H31ClN6O2/c1-4-23-21(24-14-19-25-20(26-30-19)16(3)29-5-2)28-11-9-27(10-12-28)15-17-7-6-8-18(22)13-17/h6-8,13,16H,4-5,9-12,14-15H2,1-3H3,(H,23,24). The third kappa shape index (κ3) is 6.42. The molecule has 1 aliphatic heterocycles. The molecule has 1 aromatic carbocycles. The fourth-order valence-electron chi connectivity index (χ4n) is 3.40. The first-order valence-electron chi connectivity index (χ1n) is 10.5. The van der Waals surface area contributed by atoms with Crippen molar-refractivity contribution in [1.29, 1.82) is 0 Å². The lowest BCUT2D eigenvalue weighted by Crippen LogP contribution is -2.52. The Kier molecular flexibility index (Phi) is 8.48. The number of nitrogens with one attached hydrogen (secondary N) is 1. The third-order valence-corrected chi connectivity index (χ3v) is 5.17. The molecule has 30 heavy (non-hydrogen) atoms. The number of aliphatic imine (C=N–C) groups is 1. The fourth-order valence-corrected chi connectivity index (χ4v) is 3.61. The average Bonchev–Trinajstić information content (AvgIpc) is 3.21. The third-order valence-electron chi connectivity index (χ3n) is 4.93. The Labute approximate surface area is 183 Å². The van der Waals surface area contributed by atoms with Crippen molar-refractivity contribution in [2.45, 2.75) is 40.0 Å². The predicted molar refractivity (Wildman–Crippen MR) is 117 cm³/mol. The summed E-state index contributed by atoms with van der Waals surface area (Å²) in [6.07, 6.45) is -0.183. The first kappa shape index (κ1) is 22.5. The molecule has 3 rings (SSSR count). The summed E-state index contributed by atoms with van der Waals surface area (Å²) < 4.78 is 10.8. The van der Waals surface area contributed by atoms with E-state index < -0.39 is 0 Å². The Morgan fingerprint density at radius 2 is 2.10 bits per heavy atom. The van der Waals surface area contributed by atoms with E-state index >= 15 is 0 Å². The van der Waals surface area contributed by atoms with E-state index in [4.69, 9.17) is 25.9 Å². The summed E-state index contributed by atoms with van der Waals surface area (Å²) in [4.78, 5) is 13.8. The number of benzene rings is 1. The normalized spacial score (nSPS) is 16.7. The van der Waals surface area contributed by atoms with Crippen LogP contribution in [0.5, 0.6) is 0 Å². The quantitative estimate of drug-likeness (QED) is 0.505. The number of hydrogen-bond acceptors (Lipinski definition) is 6. The Balaban J connectivity index is 1.55. The van der Waals surface area contributed by atoms with Crippen LogP contribution < -0.4 is 5.32 Å². The van der Waals surface area contributed by atoms with Gasteiger partial charge in [0, 0.05) is 50.9 Å². The van der Waals surface area contributed by atoms with Gasteiger partial charge in [-0.2, -0.15) is 4.98 Å². The van der Waals surface area contributed by atoms with Gasteiger partial charge in [0.1, 0.15) is 12.6 Å². The summed E-state index contributed by atoms with van der Waals surface area (Å²) in [5.74, 6) is 1.92. The Morgan fingerprint density at radius 1 is 1.30 bits per heavy atom. The zero-order valence-electron chi connectivity index (χ0n) is 18.0. The van der Waals surface area contributed by atoms with Gasteiger partial charge in [0.25, 0.3) is 0 Å². The van der Waals surface area contributed by atoms with Crippen molar-refractivity contribution in [3.63, 3.8) is 0 Å². The number of ether oxygens (including phenoxy) is 1. The maximum atomic E-state index is 6.11. The molecule has 1 aromatic heterocycles. The lowest BCUT2D eigenvalue weighted by molar-refractivity contribution is 0.0683. The predicted octanol–water partition coefficient (Wildman–Crippen LogP) is 3.10. The first-order chi connectivity index (χ1) is 14.6. The number of nitrogens with zero attached hydrogens (tertiary/aromatic N) is 5. The zero-order chi connectivity index (χ0) is 21.3. The molecular formula is C21H31ClN6O2. The van der Waals surface area contributed by atoms with E-state index in [2.05, 4.69) is 38.2 Å². The van der Waals surface area contributed by atoms with Crippen LogP contribution in [0.25, 0.3) is 0 Å². The second-order valence-electron chi connectivity index (χ2n) is 7.21. The van der Waals surface area contributed by atoms with Crippen LogP contribution in [0, 0.1) is 0 Å². The van der Waals surface area contributed by atoms with Gasteiger partial charge in [0.15, 0.2) is 11.8 Å². The summed E-state index contributed by atoms with van der Waals surface area (Å²) >= 11 is 6.11. The van der Waals surface area contributed by atoms with Crippen molar-refractivity contribution in [3.05, 3.63) is 46.6 Å². The van der Waals surface area contributed by atoms with Crippen LogP contribution in [0.15, 0.2) is 33.8 Å². The number of aromatic nitrogens is 2. The van der Waals surface area contributed by atoms with E-state index in [-0.39, 0.29) is 6.10 Å². The van der Waals surface area contributed by atoms with Crippen LogP contribution in [-0.4, -0.2) is 65.2 Å². The largest absolute Gasteiger partial charge is 0.371 e. The van der Waals surface area contributed by atoms with Gasteiger partial charge in [-0.1, -0.05) is 28.9 Å². The van der Waals surface area contributed by atoms with Crippen molar-refractivity contribution in [3.8, 4) is 0 Å². The Morgan fingerprint density at radius 3 is 2.80 bits per heavy atom. The molecule has 2 heterocycles. The van der Waals surface area contributed by atoms with E-state index in [1.54, 1.807) is 0 Å². The minimum atomic E-state index is -0.183. The van der Waals surface area contributed by atoms with Gasteiger partial charge in [0.2, 0.25) is 5.89 Å². The summed E-state index contributed by atoms with van der Waals surface area (Å²) in [6.45, 7) is 12.3. The van der Waals surface area contributed by atoms with Crippen molar-refractivity contribution in [1.82, 2.24) is 25.3 Å². The molecule has 1 fully saturated rings. The monoisotopic (exact) mass is 434 g/mol. The molecule has 0 amide bonds. The molecular weight excluding hydrogens is 404 g/mol. The molecule has 0 saturated carbocycles. The summed E-state index contributed by atoms with van der Waals surface area (Å²) in [6, 6.07) is 8.06. The van der Waals surface area contributed by atoms with E-state index in [1.807, 2.05) is 32.0 Å². The van der Waals surface area contributed by atoms with E-state index in [0.29, 0.717) is 24.9 Å². The van der Waals surface area contributed by atoms with Crippen molar-refractivity contribution >= 4 is 17.6 Å². The van der Waals surface area contributed by atoms with Crippen LogP contribution in [0.2, 0.25) is 5.02 Å². The molecule has 8 nitrogen and oxygen atoms in total. The lowest BCUT2D eigenvalue weighted by atomic mass is 10.2. The molecule has 1 saturated heterocycles. The topological polar surface area (TPSA) is 79.0 Å². The van der Waals surface area contributed by atoms with Crippen LogP contribution in [0.4, 0.5) is 0 Å². The second kappa shape index (κ2) is 11.3. The molecule has 9 heteroatoms. The second-order valence-corrected chi connectivity index (χ2v) is 7.64. The van der Waals surface area contributed by atoms with Crippen molar-refractivity contribution in [2.24, 2.45) is 4.99 Å². The highest BCUT2D eigenvalue weighted by Gasteiger charge is 2.20. The molecule has 164 valence electrons. The molecule has 1 atom stereocenters. The van der Waals surface area contributed by atoms with Gasteiger partial charge < -0.3 is 19.5 Å². The molecule has 0 aliphatic carbocycles. The van der Waals surface area contributed by atoms with Gasteiger partial charge in [-0.25, -0.2) is 4.99 Å². The van der Waals surface area contributed by atoms with Crippen molar-refractivity contribution < 1.29 is 9.26 Å². The van der Waals surface area contributed by atoms with Gasteiger partial charge in [-0.05, 0) is 38.5 Å². The lowest BCUT2D eigenvalue weighted by Gasteiger charge is -2.36. The molecule has 0 radical (unpaired) electrons. The first-order valence-corrected chi connectivity index (χ1v) is 10.9. The summed E-state index contributed by atoms with van der Waals surface area (Å²) in [5, 5.41) is 8.15. The van der Waals surface area contributed by atoms with Crippen LogP contribution in [0.1, 0.15) is 44.2 Å². The molecule has 1 unspecified atom stereocenters. The average molecular weight is 435 g/mol. The van der Waals surface area contributed by atoms with Gasteiger partial charge in [-0.3, -0.25) is 4.90 Å². The number of piperazine rings is 1. The molecule has 0 bridgehead atoms. The number of halogens is 1. The summed E-state index contributed by atoms with van der Waals surface area (Å²) in [7, 11) is 0. The Bertz CT molecular complexity index is 819. The minimum absolute atomic E-state index is 0.183. The van der Waals surface area contributed by atoms with E-state index in [9.17, 15) is 0 Å². The van der Waals surface area contributed by atoms with Crippen LogP contribution >= 0.6 is 11.6 Å². The maximum absolute atomic E-state index is 6.11. The Hall–Kier alpha value is -2.16. The maximum Gasteiger partial charge on any atom is 0.248 e. The fraction of sp³-hybridized carbons (Fsp3) is 0.571. The van der Waals surface area contributed by atoms with Crippen LogP contribution in [0.3, 0.4) is 0 Å². The van der Waals surface area contributed by atoms with E-state index in [0.717, 1.165) is 50.3 Å². The van der Waals surface area contributed by atoms with Crippen molar-refractivity contribution in [2.75, 3.05) is 39.3 Å². The molecule has 1 N–H and O–H groups in total. The molecule has 0 spiro atoms. The minimum Gasteiger partial charge on any atom is -0.371 e. The zero-order valence-corrected chi connectivity index (χ0v) is 18.7. The van der Waals surface area contributed by atoms with Crippen LogP contribution in [-0.2, 0) is 17.8 Å². The van der Waals surface area contributed by atoms with Gasteiger partial charge in [-0.15, -0.1) is 0 Å².